The minimum absolute atomic E-state index is 0.0576. The Bertz CT molecular complexity index is 360. The monoisotopic (exact) mass is 189 g/mol. The fourth-order valence-corrected chi connectivity index (χ4v) is 1.03. The van der Waals surface area contributed by atoms with E-state index in [1.54, 1.807) is 6.92 Å². The minimum atomic E-state index is -2.78. The second-order valence-electron chi connectivity index (χ2n) is 2.53. The first-order chi connectivity index (χ1) is 6.07. The molecule has 0 amide bonds. The predicted octanol–water partition coefficient (Wildman–Crippen LogP) is 1.63. The molecule has 5 heteroatoms. The van der Waals surface area contributed by atoms with Gasteiger partial charge in [-0.2, -0.15) is 0 Å². The third kappa shape index (κ3) is 1.68. The van der Waals surface area contributed by atoms with Gasteiger partial charge in [0.05, 0.1) is 18.4 Å². The summed E-state index contributed by atoms with van der Waals surface area (Å²) < 4.78 is 29.1. The summed E-state index contributed by atoms with van der Waals surface area (Å²) in [7, 11) is 1.27. The van der Waals surface area contributed by atoms with Crippen molar-refractivity contribution in [1.29, 1.82) is 0 Å². The molecule has 0 saturated heterocycles. The zero-order chi connectivity index (χ0) is 10.0. The van der Waals surface area contributed by atoms with Crippen molar-refractivity contribution < 1.29 is 13.5 Å². The maximum Gasteiger partial charge on any atom is 0.269 e. The Morgan fingerprint density at radius 1 is 1.54 bits per heavy atom. The van der Waals surface area contributed by atoms with Crippen LogP contribution in [0.4, 0.5) is 8.78 Å². The lowest BCUT2D eigenvalue weighted by Crippen LogP contribution is -2.14. The van der Waals surface area contributed by atoms with Crippen LogP contribution >= 0.6 is 0 Å². The van der Waals surface area contributed by atoms with Crippen molar-refractivity contribution in [3.8, 4) is 5.75 Å². The van der Waals surface area contributed by atoms with Gasteiger partial charge in [-0.25, -0.2) is 8.78 Å². The first-order valence-electron chi connectivity index (χ1n) is 3.62. The SMILES string of the molecule is COc1c(C)[nH]cc(C(F)F)c1=O. The van der Waals surface area contributed by atoms with Crippen LogP contribution in [0.25, 0.3) is 0 Å². The number of rotatable bonds is 2. The standard InChI is InChI=1S/C8H9F2NO2/c1-4-7(13-2)6(12)5(3-11-4)8(9)10/h3,8H,1-2H3,(H,11,12). The molecule has 0 unspecified atom stereocenters. The van der Waals surface area contributed by atoms with Crippen LogP contribution in [-0.2, 0) is 0 Å². The molecule has 1 N–H and O–H groups in total. The molecule has 0 aliphatic heterocycles. The first-order valence-corrected chi connectivity index (χ1v) is 3.62. The summed E-state index contributed by atoms with van der Waals surface area (Å²) in [6, 6.07) is 0. The van der Waals surface area contributed by atoms with E-state index in [-0.39, 0.29) is 5.75 Å². The fourth-order valence-electron chi connectivity index (χ4n) is 1.03. The number of halogens is 2. The summed E-state index contributed by atoms with van der Waals surface area (Å²) >= 11 is 0. The summed E-state index contributed by atoms with van der Waals surface area (Å²) in [5.41, 5.74) is -0.881. The van der Waals surface area contributed by atoms with Crippen molar-refractivity contribution in [3.63, 3.8) is 0 Å². The number of aryl methyl sites for hydroxylation is 1. The number of alkyl halides is 2. The van der Waals surface area contributed by atoms with Gasteiger partial charge in [0.1, 0.15) is 0 Å². The molecule has 0 bridgehead atoms. The van der Waals surface area contributed by atoms with Gasteiger partial charge in [0.15, 0.2) is 5.75 Å². The molecule has 72 valence electrons. The average molecular weight is 189 g/mol. The van der Waals surface area contributed by atoms with E-state index < -0.39 is 17.4 Å². The molecule has 1 heterocycles. The van der Waals surface area contributed by atoms with Gasteiger partial charge in [0.25, 0.3) is 6.43 Å². The van der Waals surface area contributed by atoms with Gasteiger partial charge in [0, 0.05) is 6.20 Å². The third-order valence-corrected chi connectivity index (χ3v) is 1.69. The molecule has 0 aromatic carbocycles. The number of nitrogens with one attached hydrogen (secondary N) is 1. The van der Waals surface area contributed by atoms with Crippen LogP contribution in [0.2, 0.25) is 0 Å². The van der Waals surface area contributed by atoms with Gasteiger partial charge in [-0.3, -0.25) is 4.79 Å². The Balaban J connectivity index is 3.37. The molecule has 0 radical (unpaired) electrons. The van der Waals surface area contributed by atoms with Crippen molar-refractivity contribution in [2.75, 3.05) is 7.11 Å². The topological polar surface area (TPSA) is 42.1 Å². The Morgan fingerprint density at radius 3 is 2.62 bits per heavy atom. The number of ether oxygens (including phenoxy) is 1. The Kier molecular flexibility index (Phi) is 2.65. The molecule has 0 aliphatic carbocycles. The van der Waals surface area contributed by atoms with E-state index >= 15 is 0 Å². The van der Waals surface area contributed by atoms with Crippen molar-refractivity contribution >= 4 is 0 Å². The maximum absolute atomic E-state index is 12.2. The van der Waals surface area contributed by atoms with E-state index in [0.29, 0.717) is 5.69 Å². The molecule has 0 spiro atoms. The molecule has 0 aliphatic rings. The summed E-state index contributed by atoms with van der Waals surface area (Å²) in [5.74, 6) is -0.0576. The lowest BCUT2D eigenvalue weighted by molar-refractivity contribution is 0.149. The fraction of sp³-hybridized carbons (Fsp3) is 0.375. The third-order valence-electron chi connectivity index (χ3n) is 1.69. The predicted molar refractivity (Wildman–Crippen MR) is 43.3 cm³/mol. The van der Waals surface area contributed by atoms with Crippen LogP contribution in [0.15, 0.2) is 11.0 Å². The van der Waals surface area contributed by atoms with Crippen molar-refractivity contribution in [1.82, 2.24) is 4.98 Å². The lowest BCUT2D eigenvalue weighted by atomic mass is 10.2. The van der Waals surface area contributed by atoms with E-state index in [1.807, 2.05) is 0 Å². The molecule has 0 atom stereocenters. The summed E-state index contributed by atoms with van der Waals surface area (Å²) in [5, 5.41) is 0. The van der Waals surface area contributed by atoms with Crippen LogP contribution < -0.4 is 10.2 Å². The van der Waals surface area contributed by atoms with Crippen LogP contribution in [-0.4, -0.2) is 12.1 Å². The van der Waals surface area contributed by atoms with Crippen molar-refractivity contribution in [3.05, 3.63) is 27.7 Å². The molecular formula is C8H9F2NO2. The molecular weight excluding hydrogens is 180 g/mol. The molecule has 1 aromatic rings. The number of hydrogen-bond donors (Lipinski definition) is 1. The molecule has 0 fully saturated rings. The van der Waals surface area contributed by atoms with Crippen LogP contribution in [0.5, 0.6) is 5.75 Å². The smallest absolute Gasteiger partial charge is 0.269 e. The first kappa shape index (κ1) is 9.70. The van der Waals surface area contributed by atoms with E-state index in [0.717, 1.165) is 6.20 Å². The molecule has 1 rings (SSSR count). The van der Waals surface area contributed by atoms with Crippen LogP contribution in [0.1, 0.15) is 17.7 Å². The molecule has 1 aromatic heterocycles. The largest absolute Gasteiger partial charge is 0.491 e. The number of aromatic nitrogens is 1. The van der Waals surface area contributed by atoms with Gasteiger partial charge in [-0.05, 0) is 6.92 Å². The van der Waals surface area contributed by atoms with E-state index in [2.05, 4.69) is 9.72 Å². The molecule has 13 heavy (non-hydrogen) atoms. The highest BCUT2D eigenvalue weighted by molar-refractivity contribution is 5.31. The normalized spacial score (nSPS) is 10.5. The highest BCUT2D eigenvalue weighted by atomic mass is 19.3. The Labute approximate surface area is 73.4 Å². The Hall–Kier alpha value is -1.39. The Morgan fingerprint density at radius 2 is 2.15 bits per heavy atom. The summed E-state index contributed by atoms with van der Waals surface area (Å²) in [6.07, 6.45) is -1.77. The van der Waals surface area contributed by atoms with Gasteiger partial charge >= 0.3 is 0 Å². The van der Waals surface area contributed by atoms with E-state index in [4.69, 9.17) is 0 Å². The van der Waals surface area contributed by atoms with Crippen LogP contribution in [0, 0.1) is 6.92 Å². The lowest BCUT2D eigenvalue weighted by Gasteiger charge is -2.05. The second kappa shape index (κ2) is 3.55. The van der Waals surface area contributed by atoms with Gasteiger partial charge in [0.2, 0.25) is 5.43 Å². The summed E-state index contributed by atoms with van der Waals surface area (Å²) in [4.78, 5) is 13.8. The zero-order valence-electron chi connectivity index (χ0n) is 7.23. The number of H-pyrrole nitrogens is 1. The van der Waals surface area contributed by atoms with Gasteiger partial charge < -0.3 is 9.72 Å². The second-order valence-corrected chi connectivity index (χ2v) is 2.53. The quantitative estimate of drug-likeness (QED) is 0.768. The number of aromatic amines is 1. The molecule has 3 nitrogen and oxygen atoms in total. The number of pyridine rings is 1. The highest BCUT2D eigenvalue weighted by Crippen LogP contribution is 2.17. The summed E-state index contributed by atoms with van der Waals surface area (Å²) in [6.45, 7) is 1.58. The van der Waals surface area contributed by atoms with E-state index in [1.165, 1.54) is 7.11 Å². The van der Waals surface area contributed by atoms with Gasteiger partial charge in [-0.1, -0.05) is 0 Å². The van der Waals surface area contributed by atoms with Crippen LogP contribution in [0.3, 0.4) is 0 Å². The van der Waals surface area contributed by atoms with E-state index in [9.17, 15) is 13.6 Å². The number of hydrogen-bond acceptors (Lipinski definition) is 2. The van der Waals surface area contributed by atoms with Crippen molar-refractivity contribution in [2.45, 2.75) is 13.3 Å². The average Bonchev–Trinajstić information content (AvgIpc) is 2.04. The van der Waals surface area contributed by atoms with Gasteiger partial charge in [-0.15, -0.1) is 0 Å². The minimum Gasteiger partial charge on any atom is -0.491 e. The maximum atomic E-state index is 12.2. The van der Waals surface area contributed by atoms with Crippen molar-refractivity contribution in [2.24, 2.45) is 0 Å². The highest BCUT2D eigenvalue weighted by Gasteiger charge is 2.16. The molecule has 0 saturated carbocycles. The number of methoxy groups -OCH3 is 1. The zero-order valence-corrected chi connectivity index (χ0v) is 7.23.